The van der Waals surface area contributed by atoms with Gasteiger partial charge in [-0.3, -0.25) is 0 Å². The lowest BCUT2D eigenvalue weighted by Gasteiger charge is -2.24. The molecule has 0 aliphatic rings. The second kappa shape index (κ2) is 12.5. The van der Waals surface area contributed by atoms with E-state index >= 15 is 0 Å². The first kappa shape index (κ1) is 24.1. The zero-order chi connectivity index (χ0) is 21.9. The number of allylic oxidation sites excluding steroid dienone is 2. The third-order valence-corrected chi connectivity index (χ3v) is 5.57. The summed E-state index contributed by atoms with van der Waals surface area (Å²) in [5, 5.41) is 2.25. The molecule has 0 bridgehead atoms. The highest BCUT2D eigenvalue weighted by Crippen LogP contribution is 2.26. The van der Waals surface area contributed by atoms with Crippen molar-refractivity contribution in [2.75, 3.05) is 7.11 Å². The van der Waals surface area contributed by atoms with E-state index in [2.05, 4.69) is 45.9 Å². The molecule has 0 aromatic heterocycles. The van der Waals surface area contributed by atoms with Gasteiger partial charge in [0, 0.05) is 7.11 Å². The number of carbonyl (C=O) groups excluding carboxylic acids is 1. The van der Waals surface area contributed by atoms with Crippen molar-refractivity contribution in [3.63, 3.8) is 0 Å². The van der Waals surface area contributed by atoms with E-state index in [1.54, 1.807) is 7.11 Å². The highest BCUT2D eigenvalue weighted by atomic mass is 16.6. The maximum Gasteiger partial charge on any atom is 0.340 e. The van der Waals surface area contributed by atoms with Crippen LogP contribution in [-0.4, -0.2) is 19.2 Å². The molecule has 3 heteroatoms. The lowest BCUT2D eigenvalue weighted by atomic mass is 9.95. The number of unbranched alkanes of at least 4 members (excludes halogenated alkanes) is 1. The topological polar surface area (TPSA) is 35.5 Å². The van der Waals surface area contributed by atoms with Crippen molar-refractivity contribution in [3.8, 4) is 0 Å². The van der Waals surface area contributed by atoms with Gasteiger partial charge in [0.2, 0.25) is 0 Å². The van der Waals surface area contributed by atoms with E-state index in [1.165, 1.54) is 5.57 Å². The van der Waals surface area contributed by atoms with Crippen LogP contribution in [0.3, 0.4) is 0 Å². The van der Waals surface area contributed by atoms with Crippen molar-refractivity contribution in [1.29, 1.82) is 0 Å². The lowest BCUT2D eigenvalue weighted by Crippen LogP contribution is -2.26. The summed E-state index contributed by atoms with van der Waals surface area (Å²) < 4.78 is 11.6. The first-order valence-corrected chi connectivity index (χ1v) is 11.3. The molecule has 0 heterocycles. The number of methoxy groups -OCH3 is 1. The number of carbonyl (C=O) groups is 1. The van der Waals surface area contributed by atoms with Crippen LogP contribution in [0.5, 0.6) is 0 Å². The quantitative estimate of drug-likeness (QED) is 0.270. The Balaban J connectivity index is 2.06. The molecule has 3 atom stereocenters. The van der Waals surface area contributed by atoms with Gasteiger partial charge in [-0.05, 0) is 67.9 Å². The number of ether oxygens (including phenoxy) is 2. The highest BCUT2D eigenvalue weighted by molar-refractivity contribution is 5.85. The maximum atomic E-state index is 13.0. The molecule has 0 amide bonds. The van der Waals surface area contributed by atoms with Crippen molar-refractivity contribution in [1.82, 2.24) is 0 Å². The number of benzene rings is 2. The summed E-state index contributed by atoms with van der Waals surface area (Å²) >= 11 is 0. The maximum absolute atomic E-state index is 13.0. The van der Waals surface area contributed by atoms with Gasteiger partial charge in [-0.2, -0.15) is 0 Å². The van der Waals surface area contributed by atoms with Crippen molar-refractivity contribution in [3.05, 3.63) is 59.7 Å². The van der Waals surface area contributed by atoms with Crippen LogP contribution in [-0.2, 0) is 14.3 Å². The van der Waals surface area contributed by atoms with Gasteiger partial charge in [-0.15, -0.1) is 0 Å². The monoisotopic (exact) mass is 410 g/mol. The fraction of sp³-hybridized carbons (Fsp3) is 0.519. The molecule has 0 saturated carbocycles. The minimum absolute atomic E-state index is 0.0581. The van der Waals surface area contributed by atoms with Crippen LogP contribution in [0, 0.1) is 5.92 Å². The second-order valence-electron chi connectivity index (χ2n) is 8.62. The first-order valence-electron chi connectivity index (χ1n) is 11.3. The summed E-state index contributed by atoms with van der Waals surface area (Å²) in [5.74, 6) is 0.224. The van der Waals surface area contributed by atoms with Gasteiger partial charge >= 0.3 is 5.97 Å². The Bertz CT molecular complexity index is 820. The van der Waals surface area contributed by atoms with Crippen LogP contribution in [0.2, 0.25) is 0 Å². The van der Waals surface area contributed by atoms with Gasteiger partial charge in [-0.25, -0.2) is 4.79 Å². The zero-order valence-corrected chi connectivity index (χ0v) is 19.3. The van der Waals surface area contributed by atoms with Gasteiger partial charge in [0.15, 0.2) is 6.10 Å². The van der Waals surface area contributed by atoms with Gasteiger partial charge in [0.1, 0.15) is 6.10 Å². The van der Waals surface area contributed by atoms with Gasteiger partial charge in [-0.1, -0.05) is 74.7 Å². The van der Waals surface area contributed by atoms with Crippen LogP contribution >= 0.6 is 0 Å². The summed E-state index contributed by atoms with van der Waals surface area (Å²) in [5.41, 5.74) is 2.20. The van der Waals surface area contributed by atoms with Crippen molar-refractivity contribution < 1.29 is 14.3 Å². The molecule has 1 unspecified atom stereocenters. The number of hydrogen-bond acceptors (Lipinski definition) is 3. The third-order valence-electron chi connectivity index (χ3n) is 5.57. The predicted molar refractivity (Wildman–Crippen MR) is 126 cm³/mol. The number of fused-ring (bicyclic) bond motifs is 1. The van der Waals surface area contributed by atoms with E-state index in [9.17, 15) is 4.79 Å². The average molecular weight is 411 g/mol. The zero-order valence-electron chi connectivity index (χ0n) is 19.3. The largest absolute Gasteiger partial charge is 0.460 e. The van der Waals surface area contributed by atoms with Crippen LogP contribution in [0.15, 0.2) is 54.1 Å². The summed E-state index contributed by atoms with van der Waals surface area (Å²) in [6.07, 6.45) is 7.69. The number of hydrogen-bond donors (Lipinski definition) is 0. The molecular weight excluding hydrogens is 372 g/mol. The summed E-state index contributed by atoms with van der Waals surface area (Å²) in [6, 6.07) is 14.1. The van der Waals surface area contributed by atoms with E-state index in [0.717, 1.165) is 54.9 Å². The highest BCUT2D eigenvalue weighted by Gasteiger charge is 2.26. The van der Waals surface area contributed by atoms with Crippen LogP contribution in [0.1, 0.15) is 77.9 Å². The fourth-order valence-corrected chi connectivity index (χ4v) is 3.85. The van der Waals surface area contributed by atoms with Crippen LogP contribution < -0.4 is 0 Å². The normalized spacial score (nSPS) is 14.2. The molecule has 2 aromatic carbocycles. The smallest absolute Gasteiger partial charge is 0.340 e. The molecule has 2 aromatic rings. The molecule has 0 aliphatic carbocycles. The van der Waals surface area contributed by atoms with E-state index in [4.69, 9.17) is 9.47 Å². The Morgan fingerprint density at radius 2 is 1.80 bits per heavy atom. The van der Waals surface area contributed by atoms with E-state index in [-0.39, 0.29) is 12.1 Å². The van der Waals surface area contributed by atoms with Gasteiger partial charge in [0.05, 0.1) is 0 Å². The molecule has 0 spiro atoms. The average Bonchev–Trinajstić information content (AvgIpc) is 2.72. The third kappa shape index (κ3) is 7.60. The van der Waals surface area contributed by atoms with Crippen LogP contribution in [0.4, 0.5) is 0 Å². The molecule has 0 aliphatic heterocycles. The standard InChI is InChI=1S/C27H38O3/c1-6-7-15-25(18-21(4)12-10-11-20(2)3)30-27(28)26(29-5)24-17-16-22-13-8-9-14-23(22)19-24/h8-9,11,13-14,16-17,19,21,25-26H,6-7,10,12,15,18H2,1-5H3/t21-,25-,26?/m1/s1. The number of esters is 1. The van der Waals surface area contributed by atoms with Crippen molar-refractivity contribution in [2.24, 2.45) is 5.92 Å². The second-order valence-corrected chi connectivity index (χ2v) is 8.62. The molecule has 2 rings (SSSR count). The molecule has 0 fully saturated rings. The Morgan fingerprint density at radius 3 is 2.47 bits per heavy atom. The van der Waals surface area contributed by atoms with Gasteiger partial charge in [0.25, 0.3) is 0 Å². The molecular formula is C27H38O3. The molecule has 0 saturated heterocycles. The summed E-state index contributed by atoms with van der Waals surface area (Å²) in [7, 11) is 1.57. The first-order chi connectivity index (χ1) is 14.4. The predicted octanol–water partition coefficient (Wildman–Crippen LogP) is 7.40. The summed E-state index contributed by atoms with van der Waals surface area (Å²) in [6.45, 7) is 8.69. The molecule has 3 nitrogen and oxygen atoms in total. The Morgan fingerprint density at radius 1 is 1.07 bits per heavy atom. The Kier molecular flexibility index (Phi) is 10.1. The van der Waals surface area contributed by atoms with E-state index in [0.29, 0.717) is 5.92 Å². The van der Waals surface area contributed by atoms with Crippen molar-refractivity contribution in [2.45, 2.75) is 78.4 Å². The molecule has 164 valence electrons. The minimum atomic E-state index is -0.695. The Labute approximate surface area is 182 Å². The summed E-state index contributed by atoms with van der Waals surface area (Å²) in [4.78, 5) is 13.0. The van der Waals surface area contributed by atoms with Crippen LogP contribution in [0.25, 0.3) is 10.8 Å². The fourth-order valence-electron chi connectivity index (χ4n) is 3.85. The Hall–Kier alpha value is -2.13. The molecule has 0 radical (unpaired) electrons. The lowest BCUT2D eigenvalue weighted by molar-refractivity contribution is -0.162. The number of rotatable bonds is 12. The van der Waals surface area contributed by atoms with E-state index < -0.39 is 6.10 Å². The van der Waals surface area contributed by atoms with E-state index in [1.807, 2.05) is 30.3 Å². The molecule has 0 N–H and O–H groups in total. The van der Waals surface area contributed by atoms with Crippen molar-refractivity contribution >= 4 is 16.7 Å². The van der Waals surface area contributed by atoms with Gasteiger partial charge < -0.3 is 9.47 Å². The molecule has 30 heavy (non-hydrogen) atoms. The SMILES string of the molecule is CCCC[C@H](C[C@H](C)CCC=C(C)C)OC(=O)C(OC)c1ccc2ccccc2c1. The minimum Gasteiger partial charge on any atom is -0.460 e.